The van der Waals surface area contributed by atoms with Crippen molar-refractivity contribution in [3.05, 3.63) is 34.3 Å². The van der Waals surface area contributed by atoms with E-state index in [0.29, 0.717) is 6.04 Å². The Morgan fingerprint density at radius 1 is 1.24 bits per heavy atom. The first-order valence-electron chi connectivity index (χ1n) is 6.57. The van der Waals surface area contributed by atoms with E-state index in [1.165, 1.54) is 18.4 Å². The van der Waals surface area contributed by atoms with Crippen LogP contribution in [0.2, 0.25) is 0 Å². The Kier molecular flexibility index (Phi) is 4.26. The van der Waals surface area contributed by atoms with E-state index in [4.69, 9.17) is 0 Å². The fraction of sp³-hybridized carbons (Fsp3) is 0.600. The SMILES string of the molecule is CC(C)C1CC(N[C@@H](C)c2cccc(Br)c2)C1. The van der Waals surface area contributed by atoms with Gasteiger partial charge in [-0.3, -0.25) is 0 Å². The molecule has 0 aromatic heterocycles. The highest BCUT2D eigenvalue weighted by atomic mass is 79.9. The van der Waals surface area contributed by atoms with Crippen LogP contribution in [0.25, 0.3) is 0 Å². The molecular formula is C15H22BrN. The van der Waals surface area contributed by atoms with Gasteiger partial charge in [-0.05, 0) is 49.3 Å². The molecule has 1 aromatic rings. The van der Waals surface area contributed by atoms with Gasteiger partial charge in [0.25, 0.3) is 0 Å². The molecule has 1 N–H and O–H groups in total. The Bertz CT molecular complexity index is 369. The summed E-state index contributed by atoms with van der Waals surface area (Å²) in [5, 5.41) is 3.72. The van der Waals surface area contributed by atoms with E-state index in [1.54, 1.807) is 0 Å². The van der Waals surface area contributed by atoms with Gasteiger partial charge in [0, 0.05) is 16.6 Å². The van der Waals surface area contributed by atoms with Gasteiger partial charge in [0.2, 0.25) is 0 Å². The van der Waals surface area contributed by atoms with Crippen LogP contribution in [0.1, 0.15) is 45.2 Å². The predicted molar refractivity (Wildman–Crippen MR) is 77.0 cm³/mol. The molecule has 0 heterocycles. The molecule has 1 saturated carbocycles. The Labute approximate surface area is 113 Å². The molecule has 0 unspecified atom stereocenters. The summed E-state index contributed by atoms with van der Waals surface area (Å²) < 4.78 is 1.16. The first-order chi connectivity index (χ1) is 8.06. The summed E-state index contributed by atoms with van der Waals surface area (Å²) >= 11 is 3.53. The fourth-order valence-corrected chi connectivity index (χ4v) is 2.98. The van der Waals surface area contributed by atoms with E-state index in [-0.39, 0.29) is 0 Å². The van der Waals surface area contributed by atoms with Crippen molar-refractivity contribution in [2.75, 3.05) is 0 Å². The third-order valence-corrected chi connectivity index (χ3v) is 4.44. The molecule has 2 heteroatoms. The van der Waals surface area contributed by atoms with Gasteiger partial charge in [-0.25, -0.2) is 0 Å². The molecule has 2 rings (SSSR count). The number of halogens is 1. The van der Waals surface area contributed by atoms with Crippen LogP contribution in [-0.2, 0) is 0 Å². The minimum absolute atomic E-state index is 0.450. The van der Waals surface area contributed by atoms with Crippen molar-refractivity contribution < 1.29 is 0 Å². The van der Waals surface area contributed by atoms with Crippen molar-refractivity contribution in [2.24, 2.45) is 11.8 Å². The van der Waals surface area contributed by atoms with Crippen molar-refractivity contribution in [3.8, 4) is 0 Å². The minimum atomic E-state index is 0.450. The van der Waals surface area contributed by atoms with Crippen molar-refractivity contribution in [1.29, 1.82) is 0 Å². The lowest BCUT2D eigenvalue weighted by atomic mass is 9.73. The molecule has 1 atom stereocenters. The normalized spacial score (nSPS) is 25.7. The fourth-order valence-electron chi connectivity index (χ4n) is 2.57. The maximum absolute atomic E-state index is 3.72. The molecule has 0 radical (unpaired) electrons. The van der Waals surface area contributed by atoms with E-state index in [0.717, 1.165) is 22.4 Å². The van der Waals surface area contributed by atoms with Crippen LogP contribution in [0, 0.1) is 11.8 Å². The van der Waals surface area contributed by atoms with Gasteiger partial charge in [0.15, 0.2) is 0 Å². The molecule has 0 saturated heterocycles. The number of hydrogen-bond donors (Lipinski definition) is 1. The molecular weight excluding hydrogens is 274 g/mol. The Balaban J connectivity index is 1.85. The van der Waals surface area contributed by atoms with Crippen molar-refractivity contribution >= 4 is 15.9 Å². The van der Waals surface area contributed by atoms with Crippen molar-refractivity contribution in [3.63, 3.8) is 0 Å². The third-order valence-electron chi connectivity index (χ3n) is 3.95. The van der Waals surface area contributed by atoms with Crippen LogP contribution in [0.4, 0.5) is 0 Å². The summed E-state index contributed by atoms with van der Waals surface area (Å²) in [6, 6.07) is 9.75. The lowest BCUT2D eigenvalue weighted by molar-refractivity contribution is 0.159. The van der Waals surface area contributed by atoms with Gasteiger partial charge in [-0.15, -0.1) is 0 Å². The Hall–Kier alpha value is -0.340. The highest BCUT2D eigenvalue weighted by molar-refractivity contribution is 9.10. The van der Waals surface area contributed by atoms with Crippen molar-refractivity contribution in [2.45, 2.75) is 45.7 Å². The lowest BCUT2D eigenvalue weighted by Gasteiger charge is -2.40. The predicted octanol–water partition coefficient (Wildman–Crippen LogP) is 4.53. The molecule has 1 aromatic carbocycles. The number of nitrogens with one attached hydrogen (secondary N) is 1. The molecule has 1 aliphatic carbocycles. The molecule has 0 aliphatic heterocycles. The van der Waals surface area contributed by atoms with E-state index in [1.807, 2.05) is 0 Å². The number of rotatable bonds is 4. The van der Waals surface area contributed by atoms with Gasteiger partial charge in [0.05, 0.1) is 0 Å². The van der Waals surface area contributed by atoms with E-state index in [2.05, 4.69) is 66.3 Å². The van der Waals surface area contributed by atoms with Crippen LogP contribution in [0.5, 0.6) is 0 Å². The summed E-state index contributed by atoms with van der Waals surface area (Å²) in [6.07, 6.45) is 2.69. The largest absolute Gasteiger partial charge is 0.307 e. The van der Waals surface area contributed by atoms with Crippen molar-refractivity contribution in [1.82, 2.24) is 5.32 Å². The zero-order valence-electron chi connectivity index (χ0n) is 10.9. The zero-order valence-corrected chi connectivity index (χ0v) is 12.5. The first kappa shape index (κ1) is 13.1. The van der Waals surface area contributed by atoms with Crippen LogP contribution >= 0.6 is 15.9 Å². The number of hydrogen-bond acceptors (Lipinski definition) is 1. The van der Waals surface area contributed by atoms with Gasteiger partial charge < -0.3 is 5.32 Å². The summed E-state index contributed by atoms with van der Waals surface area (Å²) in [5.74, 6) is 1.77. The average molecular weight is 296 g/mol. The topological polar surface area (TPSA) is 12.0 Å². The zero-order chi connectivity index (χ0) is 12.4. The molecule has 0 amide bonds. The van der Waals surface area contributed by atoms with Gasteiger partial charge in [0.1, 0.15) is 0 Å². The molecule has 94 valence electrons. The first-order valence-corrected chi connectivity index (χ1v) is 7.37. The highest BCUT2D eigenvalue weighted by Crippen LogP contribution is 2.34. The second kappa shape index (κ2) is 5.53. The van der Waals surface area contributed by atoms with Gasteiger partial charge in [-0.1, -0.05) is 41.9 Å². The second-order valence-corrected chi connectivity index (χ2v) is 6.53. The summed E-state index contributed by atoms with van der Waals surface area (Å²) in [4.78, 5) is 0. The maximum Gasteiger partial charge on any atom is 0.0294 e. The molecule has 1 fully saturated rings. The summed E-state index contributed by atoms with van der Waals surface area (Å²) in [5.41, 5.74) is 1.37. The standard InChI is InChI=1S/C15H22BrN/c1-10(2)13-8-15(9-13)17-11(3)12-5-4-6-14(16)7-12/h4-7,10-11,13,15,17H,8-9H2,1-3H3/t11-,13?,15?/m0/s1. The van der Waals surface area contributed by atoms with Crippen LogP contribution in [0.3, 0.4) is 0 Å². The smallest absolute Gasteiger partial charge is 0.0294 e. The second-order valence-electron chi connectivity index (χ2n) is 5.62. The Morgan fingerprint density at radius 2 is 1.94 bits per heavy atom. The van der Waals surface area contributed by atoms with Gasteiger partial charge in [-0.2, -0.15) is 0 Å². The monoisotopic (exact) mass is 295 g/mol. The summed E-state index contributed by atoms with van der Waals surface area (Å²) in [6.45, 7) is 6.92. The molecule has 1 aliphatic rings. The average Bonchev–Trinajstić information content (AvgIpc) is 2.21. The van der Waals surface area contributed by atoms with E-state index >= 15 is 0 Å². The van der Waals surface area contributed by atoms with Gasteiger partial charge >= 0.3 is 0 Å². The van der Waals surface area contributed by atoms with Crippen LogP contribution in [0.15, 0.2) is 28.7 Å². The molecule has 0 spiro atoms. The summed E-state index contributed by atoms with van der Waals surface area (Å²) in [7, 11) is 0. The molecule has 1 nitrogen and oxygen atoms in total. The quantitative estimate of drug-likeness (QED) is 0.860. The molecule has 0 bridgehead atoms. The minimum Gasteiger partial charge on any atom is -0.307 e. The van der Waals surface area contributed by atoms with E-state index in [9.17, 15) is 0 Å². The van der Waals surface area contributed by atoms with E-state index < -0.39 is 0 Å². The third kappa shape index (κ3) is 3.32. The lowest BCUT2D eigenvalue weighted by Crippen LogP contribution is -2.43. The van der Waals surface area contributed by atoms with Crippen LogP contribution in [-0.4, -0.2) is 6.04 Å². The number of benzene rings is 1. The van der Waals surface area contributed by atoms with Crippen LogP contribution < -0.4 is 5.32 Å². The Morgan fingerprint density at radius 3 is 2.53 bits per heavy atom. The molecule has 17 heavy (non-hydrogen) atoms. The highest BCUT2D eigenvalue weighted by Gasteiger charge is 2.31. The maximum atomic E-state index is 3.72.